The lowest BCUT2D eigenvalue weighted by Gasteiger charge is -2.18. The van der Waals surface area contributed by atoms with E-state index in [-0.39, 0.29) is 0 Å². The molecular formula is C22H20N4. The molecule has 0 saturated heterocycles. The first kappa shape index (κ1) is 16.2. The van der Waals surface area contributed by atoms with Crippen LogP contribution >= 0.6 is 0 Å². The summed E-state index contributed by atoms with van der Waals surface area (Å²) in [6, 6.07) is 17.2. The number of rotatable bonds is 3. The molecule has 1 aromatic heterocycles. The Hall–Kier alpha value is -3.32. The Kier molecular flexibility index (Phi) is 4.06. The van der Waals surface area contributed by atoms with Crippen molar-refractivity contribution in [1.82, 2.24) is 14.9 Å². The normalized spacial score (nSPS) is 12.7. The quantitative estimate of drug-likeness (QED) is 0.705. The van der Waals surface area contributed by atoms with Crippen molar-refractivity contribution in [3.63, 3.8) is 0 Å². The van der Waals surface area contributed by atoms with Crippen molar-refractivity contribution in [2.75, 3.05) is 6.54 Å². The predicted octanol–water partition coefficient (Wildman–Crippen LogP) is 4.67. The van der Waals surface area contributed by atoms with Crippen LogP contribution in [-0.2, 0) is 6.54 Å². The molecule has 2 aromatic carbocycles. The van der Waals surface area contributed by atoms with E-state index in [0.29, 0.717) is 13.1 Å². The first-order chi connectivity index (χ1) is 12.6. The largest absolute Gasteiger partial charge is 0.358 e. The lowest BCUT2D eigenvalue weighted by atomic mass is 9.99. The van der Waals surface area contributed by atoms with E-state index in [4.69, 9.17) is 10.2 Å². The lowest BCUT2D eigenvalue weighted by molar-refractivity contribution is 0.405. The number of imidazole rings is 1. The summed E-state index contributed by atoms with van der Waals surface area (Å²) in [7, 11) is 0. The molecule has 4 rings (SSSR count). The maximum atomic E-state index is 8.85. The maximum absolute atomic E-state index is 8.85. The third kappa shape index (κ3) is 3.00. The second kappa shape index (κ2) is 6.53. The predicted molar refractivity (Wildman–Crippen MR) is 104 cm³/mol. The van der Waals surface area contributed by atoms with Gasteiger partial charge >= 0.3 is 0 Å². The fourth-order valence-corrected chi connectivity index (χ4v) is 3.18. The number of hydrogen-bond donors (Lipinski definition) is 1. The van der Waals surface area contributed by atoms with Crippen molar-refractivity contribution < 1.29 is 0 Å². The molecule has 0 spiro atoms. The molecule has 1 N–H and O–H groups in total. The molecule has 0 aliphatic carbocycles. The minimum atomic E-state index is 0.378. The monoisotopic (exact) mass is 340 g/mol. The van der Waals surface area contributed by atoms with Crippen LogP contribution < -0.4 is 0 Å². The van der Waals surface area contributed by atoms with Crippen molar-refractivity contribution in [2.45, 2.75) is 20.4 Å². The molecule has 2 heterocycles. The number of nitrogens with zero attached hydrogens (tertiary/aromatic N) is 3. The minimum absolute atomic E-state index is 0.378. The van der Waals surface area contributed by atoms with Crippen LogP contribution in [0.1, 0.15) is 22.5 Å². The molecule has 1 aliphatic rings. The highest BCUT2D eigenvalue weighted by atomic mass is 15.1. The van der Waals surface area contributed by atoms with Crippen LogP contribution in [0.3, 0.4) is 0 Å². The molecule has 26 heavy (non-hydrogen) atoms. The molecule has 0 amide bonds. The zero-order valence-corrected chi connectivity index (χ0v) is 15.0. The Labute approximate surface area is 153 Å². The average Bonchev–Trinajstić information content (AvgIpc) is 3.08. The number of nitrogens with one attached hydrogen (secondary N) is 1. The van der Waals surface area contributed by atoms with E-state index in [1.54, 1.807) is 0 Å². The van der Waals surface area contributed by atoms with Crippen molar-refractivity contribution in [1.29, 1.82) is 5.26 Å². The first-order valence-corrected chi connectivity index (χ1v) is 8.70. The van der Waals surface area contributed by atoms with Crippen LogP contribution in [0.5, 0.6) is 0 Å². The number of aromatic amines is 1. The van der Waals surface area contributed by atoms with Crippen LogP contribution in [0, 0.1) is 25.2 Å². The Balaban J connectivity index is 1.59. The minimum Gasteiger partial charge on any atom is -0.358 e. The SMILES string of the molecule is Cc1ccc(-c2ccc(-c3nc4c([nH]3)C=CN(CC#N)C4)cc2)cc1C. The summed E-state index contributed by atoms with van der Waals surface area (Å²) in [6.07, 6.45) is 3.92. The topological polar surface area (TPSA) is 55.7 Å². The number of nitriles is 1. The number of fused-ring (bicyclic) bond motifs is 1. The van der Waals surface area contributed by atoms with Gasteiger partial charge in [0.2, 0.25) is 0 Å². The number of benzene rings is 2. The number of H-pyrrole nitrogens is 1. The summed E-state index contributed by atoms with van der Waals surface area (Å²) in [4.78, 5) is 10.1. The highest BCUT2D eigenvalue weighted by molar-refractivity contribution is 5.69. The van der Waals surface area contributed by atoms with E-state index in [0.717, 1.165) is 22.8 Å². The Morgan fingerprint density at radius 2 is 1.77 bits per heavy atom. The van der Waals surface area contributed by atoms with Crippen molar-refractivity contribution >= 4 is 6.08 Å². The van der Waals surface area contributed by atoms with Gasteiger partial charge in [-0.1, -0.05) is 42.5 Å². The van der Waals surface area contributed by atoms with Gasteiger partial charge in [-0.05, 0) is 42.2 Å². The standard InChI is InChI=1S/C22H20N4/c1-15-3-4-19(13-16(15)2)17-5-7-18(8-6-17)22-24-20-9-11-26(12-10-23)14-21(20)25-22/h3-9,11,13H,12,14H2,1-2H3,(H,24,25). The summed E-state index contributed by atoms with van der Waals surface area (Å²) in [5.41, 5.74) is 8.11. The van der Waals surface area contributed by atoms with E-state index >= 15 is 0 Å². The van der Waals surface area contributed by atoms with Gasteiger partial charge in [0.25, 0.3) is 0 Å². The highest BCUT2D eigenvalue weighted by Crippen LogP contribution is 2.27. The molecule has 4 nitrogen and oxygen atoms in total. The van der Waals surface area contributed by atoms with Crippen molar-refractivity contribution in [2.24, 2.45) is 0 Å². The lowest BCUT2D eigenvalue weighted by Crippen LogP contribution is -2.20. The smallest absolute Gasteiger partial charge is 0.138 e. The van der Waals surface area contributed by atoms with Crippen LogP contribution in [0.2, 0.25) is 0 Å². The second-order valence-corrected chi connectivity index (χ2v) is 6.70. The Morgan fingerprint density at radius 1 is 1.04 bits per heavy atom. The second-order valence-electron chi connectivity index (χ2n) is 6.70. The van der Waals surface area contributed by atoms with E-state index in [1.807, 2.05) is 17.2 Å². The van der Waals surface area contributed by atoms with Gasteiger partial charge in [-0.2, -0.15) is 5.26 Å². The number of aryl methyl sites for hydroxylation is 2. The Bertz CT molecular complexity index is 1020. The summed E-state index contributed by atoms with van der Waals surface area (Å²) < 4.78 is 0. The van der Waals surface area contributed by atoms with Gasteiger partial charge in [-0.15, -0.1) is 0 Å². The van der Waals surface area contributed by atoms with Gasteiger partial charge in [0.15, 0.2) is 0 Å². The number of hydrogen-bond acceptors (Lipinski definition) is 3. The van der Waals surface area contributed by atoms with Crippen LogP contribution in [0.4, 0.5) is 0 Å². The zero-order valence-electron chi connectivity index (χ0n) is 15.0. The molecule has 0 saturated carbocycles. The molecule has 0 atom stereocenters. The zero-order chi connectivity index (χ0) is 18.1. The fraction of sp³-hybridized carbons (Fsp3) is 0.182. The summed E-state index contributed by atoms with van der Waals surface area (Å²) >= 11 is 0. The van der Waals surface area contributed by atoms with Gasteiger partial charge in [0, 0.05) is 11.8 Å². The van der Waals surface area contributed by atoms with E-state index in [2.05, 4.69) is 67.4 Å². The molecule has 4 heteroatoms. The molecule has 3 aromatic rings. The van der Waals surface area contributed by atoms with Gasteiger partial charge < -0.3 is 9.88 Å². The van der Waals surface area contributed by atoms with Crippen LogP contribution in [-0.4, -0.2) is 21.4 Å². The van der Waals surface area contributed by atoms with E-state index in [1.165, 1.54) is 22.3 Å². The molecular weight excluding hydrogens is 320 g/mol. The van der Waals surface area contributed by atoms with Gasteiger partial charge in [0.05, 0.1) is 24.0 Å². The average molecular weight is 340 g/mol. The maximum Gasteiger partial charge on any atom is 0.138 e. The van der Waals surface area contributed by atoms with Gasteiger partial charge in [0.1, 0.15) is 12.4 Å². The van der Waals surface area contributed by atoms with Gasteiger partial charge in [-0.25, -0.2) is 4.98 Å². The van der Waals surface area contributed by atoms with Gasteiger partial charge in [-0.3, -0.25) is 0 Å². The molecule has 0 fully saturated rings. The highest BCUT2D eigenvalue weighted by Gasteiger charge is 2.16. The van der Waals surface area contributed by atoms with E-state index < -0.39 is 0 Å². The van der Waals surface area contributed by atoms with Crippen LogP contribution in [0.25, 0.3) is 28.6 Å². The van der Waals surface area contributed by atoms with Crippen molar-refractivity contribution in [3.8, 4) is 28.6 Å². The fourth-order valence-electron chi connectivity index (χ4n) is 3.18. The molecule has 1 aliphatic heterocycles. The van der Waals surface area contributed by atoms with E-state index in [9.17, 15) is 0 Å². The molecule has 0 bridgehead atoms. The summed E-state index contributed by atoms with van der Waals surface area (Å²) in [5, 5.41) is 8.85. The third-order valence-corrected chi connectivity index (χ3v) is 4.89. The third-order valence-electron chi connectivity index (χ3n) is 4.89. The summed E-state index contributed by atoms with van der Waals surface area (Å²) in [6.45, 7) is 5.32. The number of aromatic nitrogens is 2. The molecule has 128 valence electrons. The summed E-state index contributed by atoms with van der Waals surface area (Å²) in [5.74, 6) is 0.866. The van der Waals surface area contributed by atoms with Crippen LogP contribution in [0.15, 0.2) is 48.7 Å². The molecule has 0 unspecified atom stereocenters. The Morgan fingerprint density at radius 3 is 2.50 bits per heavy atom. The van der Waals surface area contributed by atoms with Crippen molar-refractivity contribution in [3.05, 3.63) is 71.2 Å². The molecule has 0 radical (unpaired) electrons. The first-order valence-electron chi connectivity index (χ1n) is 8.70.